The molecule has 1 aromatic heterocycles. The lowest BCUT2D eigenvalue weighted by atomic mass is 9.86. The van der Waals surface area contributed by atoms with E-state index in [1.165, 1.54) is 16.8 Å². The largest absolute Gasteiger partial charge is 0.346 e. The van der Waals surface area contributed by atoms with Gasteiger partial charge in [0.25, 0.3) is 0 Å². The van der Waals surface area contributed by atoms with Crippen molar-refractivity contribution in [3.63, 3.8) is 0 Å². The molecule has 0 bridgehead atoms. The van der Waals surface area contributed by atoms with Crippen LogP contribution < -0.4 is 0 Å². The molecule has 2 aromatic carbocycles. The Morgan fingerprint density at radius 1 is 1.00 bits per heavy atom. The van der Waals surface area contributed by atoms with Crippen LogP contribution in [-0.4, -0.2) is 10.9 Å². The van der Waals surface area contributed by atoms with E-state index >= 15 is 0 Å². The molecule has 0 aliphatic carbocycles. The van der Waals surface area contributed by atoms with Crippen molar-refractivity contribution in [3.05, 3.63) is 71.0 Å². The maximum Gasteiger partial charge on any atom is 0.204 e. The predicted molar refractivity (Wildman–Crippen MR) is 107 cm³/mol. The highest BCUT2D eigenvalue weighted by atomic mass is 35.5. The molecule has 0 N–H and O–H groups in total. The van der Waals surface area contributed by atoms with Crippen molar-refractivity contribution in [1.82, 2.24) is 4.57 Å². The van der Waals surface area contributed by atoms with Gasteiger partial charge in [-0.15, -0.1) is 0 Å². The maximum atomic E-state index is 11.4. The standard InChI is InChI=1S/C23H21ClNO/c1-23(2)14-20-22(16-6-4-3-5-7-16)21(17-8-10-18(24)11-9-17)19(12-13-26)25(20)15-23/h3-11H,12,14-15H2,1-2H3. The molecule has 131 valence electrons. The molecule has 1 aliphatic rings. The zero-order valence-corrected chi connectivity index (χ0v) is 15.8. The van der Waals surface area contributed by atoms with Gasteiger partial charge in [-0.3, -0.25) is 4.79 Å². The topological polar surface area (TPSA) is 22.0 Å². The van der Waals surface area contributed by atoms with E-state index in [0.29, 0.717) is 11.4 Å². The molecule has 26 heavy (non-hydrogen) atoms. The van der Waals surface area contributed by atoms with Crippen LogP contribution in [-0.2, 0) is 24.2 Å². The molecule has 0 saturated heterocycles. The molecule has 0 unspecified atom stereocenters. The van der Waals surface area contributed by atoms with Crippen molar-refractivity contribution in [3.8, 4) is 22.3 Å². The van der Waals surface area contributed by atoms with Crippen molar-refractivity contribution in [2.75, 3.05) is 0 Å². The molecular formula is C23H21ClNO. The Balaban J connectivity index is 2.03. The van der Waals surface area contributed by atoms with E-state index in [4.69, 9.17) is 11.6 Å². The average molecular weight is 363 g/mol. The van der Waals surface area contributed by atoms with E-state index in [0.717, 1.165) is 29.8 Å². The average Bonchev–Trinajstić information content (AvgIpc) is 3.08. The fraction of sp³-hybridized carbons (Fsp3) is 0.261. The first kappa shape index (κ1) is 17.1. The van der Waals surface area contributed by atoms with E-state index in [2.05, 4.69) is 49.0 Å². The SMILES string of the molecule is CC1(C)Cc2c(-c3ccccc3)c(-c3ccc(Cl)cc3)c(C[C]=O)n2C1. The number of rotatable bonds is 4. The van der Waals surface area contributed by atoms with Gasteiger partial charge in [0, 0.05) is 34.1 Å². The van der Waals surface area contributed by atoms with Crippen LogP contribution in [0.1, 0.15) is 25.2 Å². The summed E-state index contributed by atoms with van der Waals surface area (Å²) in [7, 11) is 0. The Bertz CT molecular complexity index is 952. The van der Waals surface area contributed by atoms with E-state index < -0.39 is 0 Å². The molecular weight excluding hydrogens is 342 g/mol. The van der Waals surface area contributed by atoms with E-state index in [1.807, 2.05) is 30.3 Å². The Morgan fingerprint density at radius 3 is 2.31 bits per heavy atom. The molecule has 0 amide bonds. The normalized spacial score (nSPS) is 15.0. The number of carbonyl (C=O) groups excluding carboxylic acids is 1. The second-order valence-electron chi connectivity index (χ2n) is 7.76. The Kier molecular flexibility index (Phi) is 4.24. The summed E-state index contributed by atoms with van der Waals surface area (Å²) >= 11 is 6.10. The Morgan fingerprint density at radius 2 is 1.65 bits per heavy atom. The molecule has 1 aliphatic heterocycles. The second kappa shape index (κ2) is 6.44. The van der Waals surface area contributed by atoms with Gasteiger partial charge in [0.05, 0.1) is 6.42 Å². The highest BCUT2D eigenvalue weighted by molar-refractivity contribution is 6.30. The van der Waals surface area contributed by atoms with Crippen LogP contribution in [0, 0.1) is 5.41 Å². The van der Waals surface area contributed by atoms with Gasteiger partial charge in [0.2, 0.25) is 6.29 Å². The predicted octanol–water partition coefficient (Wildman–Crippen LogP) is 5.71. The smallest absolute Gasteiger partial charge is 0.204 e. The van der Waals surface area contributed by atoms with Gasteiger partial charge in [0.15, 0.2) is 0 Å². The Labute approximate surface area is 159 Å². The number of fused-ring (bicyclic) bond motifs is 1. The molecule has 1 radical (unpaired) electrons. The minimum atomic E-state index is 0.190. The zero-order valence-electron chi connectivity index (χ0n) is 15.1. The van der Waals surface area contributed by atoms with Gasteiger partial charge in [0.1, 0.15) is 0 Å². The summed E-state index contributed by atoms with van der Waals surface area (Å²) in [6, 6.07) is 18.4. The molecule has 0 spiro atoms. The molecule has 0 fully saturated rings. The van der Waals surface area contributed by atoms with Crippen LogP contribution in [0.25, 0.3) is 22.3 Å². The number of halogens is 1. The van der Waals surface area contributed by atoms with Gasteiger partial charge in [-0.2, -0.15) is 0 Å². The van der Waals surface area contributed by atoms with Gasteiger partial charge in [-0.05, 0) is 35.1 Å². The van der Waals surface area contributed by atoms with Crippen molar-refractivity contribution < 1.29 is 4.79 Å². The number of aromatic nitrogens is 1. The molecule has 0 atom stereocenters. The van der Waals surface area contributed by atoms with Crippen molar-refractivity contribution in [1.29, 1.82) is 0 Å². The molecule has 3 heteroatoms. The molecule has 2 heterocycles. The monoisotopic (exact) mass is 362 g/mol. The highest BCUT2D eigenvalue weighted by Gasteiger charge is 2.35. The summed E-state index contributed by atoms with van der Waals surface area (Å²) < 4.78 is 2.34. The minimum Gasteiger partial charge on any atom is -0.346 e. The third-order valence-electron chi connectivity index (χ3n) is 5.15. The molecule has 2 nitrogen and oxygen atoms in total. The quantitative estimate of drug-likeness (QED) is 0.582. The third-order valence-corrected chi connectivity index (χ3v) is 5.40. The number of nitrogens with zero attached hydrogens (tertiary/aromatic N) is 1. The fourth-order valence-electron chi connectivity index (χ4n) is 4.13. The van der Waals surface area contributed by atoms with Crippen molar-refractivity contribution in [2.24, 2.45) is 5.41 Å². The Hall–Kier alpha value is -2.32. The number of hydrogen-bond acceptors (Lipinski definition) is 1. The summed E-state index contributed by atoms with van der Waals surface area (Å²) in [4.78, 5) is 11.4. The second-order valence-corrected chi connectivity index (χ2v) is 8.20. The van der Waals surface area contributed by atoms with E-state index in [9.17, 15) is 4.79 Å². The van der Waals surface area contributed by atoms with Gasteiger partial charge >= 0.3 is 0 Å². The van der Waals surface area contributed by atoms with Crippen LogP contribution in [0.4, 0.5) is 0 Å². The van der Waals surface area contributed by atoms with Crippen molar-refractivity contribution >= 4 is 17.9 Å². The van der Waals surface area contributed by atoms with Crippen LogP contribution in [0.5, 0.6) is 0 Å². The minimum absolute atomic E-state index is 0.190. The summed E-state index contributed by atoms with van der Waals surface area (Å²) in [5.41, 5.74) is 7.23. The lowest BCUT2D eigenvalue weighted by Gasteiger charge is -2.18. The van der Waals surface area contributed by atoms with E-state index in [1.54, 1.807) is 0 Å². The molecule has 0 saturated carbocycles. The lowest BCUT2D eigenvalue weighted by molar-refractivity contribution is 0.356. The maximum absolute atomic E-state index is 11.4. The summed E-state index contributed by atoms with van der Waals surface area (Å²) in [5.74, 6) is 0. The third kappa shape index (κ3) is 2.89. The lowest BCUT2D eigenvalue weighted by Crippen LogP contribution is -2.14. The first-order valence-corrected chi connectivity index (χ1v) is 9.28. The summed E-state index contributed by atoms with van der Waals surface area (Å²) in [6.07, 6.45) is 3.43. The first-order chi connectivity index (χ1) is 12.5. The zero-order chi connectivity index (χ0) is 18.3. The van der Waals surface area contributed by atoms with E-state index in [-0.39, 0.29) is 5.41 Å². The van der Waals surface area contributed by atoms with Crippen LogP contribution in [0.3, 0.4) is 0 Å². The fourth-order valence-corrected chi connectivity index (χ4v) is 4.25. The highest BCUT2D eigenvalue weighted by Crippen LogP contribution is 2.46. The van der Waals surface area contributed by atoms with Gasteiger partial charge in [-0.1, -0.05) is 67.9 Å². The number of benzene rings is 2. The van der Waals surface area contributed by atoms with Crippen molar-refractivity contribution in [2.45, 2.75) is 33.2 Å². The number of hydrogen-bond donors (Lipinski definition) is 0. The van der Waals surface area contributed by atoms with Crippen LogP contribution >= 0.6 is 11.6 Å². The molecule has 3 aromatic rings. The van der Waals surface area contributed by atoms with Crippen LogP contribution in [0.15, 0.2) is 54.6 Å². The summed E-state index contributed by atoms with van der Waals surface area (Å²) in [6.45, 7) is 5.49. The summed E-state index contributed by atoms with van der Waals surface area (Å²) in [5, 5.41) is 0.714. The first-order valence-electron chi connectivity index (χ1n) is 8.91. The van der Waals surface area contributed by atoms with Gasteiger partial charge in [-0.25, -0.2) is 0 Å². The molecule has 4 rings (SSSR count). The van der Waals surface area contributed by atoms with Crippen LogP contribution in [0.2, 0.25) is 5.02 Å². The van der Waals surface area contributed by atoms with Gasteiger partial charge < -0.3 is 4.57 Å².